The predicted octanol–water partition coefficient (Wildman–Crippen LogP) is 2.89. The molecule has 1 aliphatic heterocycles. The number of benzene rings is 1. The lowest BCUT2D eigenvalue weighted by atomic mass is 9.92. The van der Waals surface area contributed by atoms with E-state index in [9.17, 15) is 9.59 Å². The third-order valence-corrected chi connectivity index (χ3v) is 4.95. The van der Waals surface area contributed by atoms with Crippen LogP contribution in [0.1, 0.15) is 53.6 Å². The smallest absolute Gasteiger partial charge is 0.303 e. The second-order valence-electron chi connectivity index (χ2n) is 6.49. The summed E-state index contributed by atoms with van der Waals surface area (Å²) >= 11 is 0. The first-order chi connectivity index (χ1) is 10.6. The lowest BCUT2D eigenvalue weighted by molar-refractivity contribution is -0.137. The van der Waals surface area contributed by atoms with Gasteiger partial charge < -0.3 is 10.0 Å². The van der Waals surface area contributed by atoms with Crippen molar-refractivity contribution in [1.82, 2.24) is 4.90 Å². The number of amides is 1. The van der Waals surface area contributed by atoms with E-state index in [1.807, 2.05) is 17.0 Å². The summed E-state index contributed by atoms with van der Waals surface area (Å²) in [5, 5.41) is 8.82. The van der Waals surface area contributed by atoms with Crippen LogP contribution < -0.4 is 0 Å². The third-order valence-electron chi connectivity index (χ3n) is 4.95. The summed E-state index contributed by atoms with van der Waals surface area (Å²) in [4.78, 5) is 25.5. The van der Waals surface area contributed by atoms with E-state index in [4.69, 9.17) is 5.11 Å². The van der Waals surface area contributed by atoms with Crippen LogP contribution in [0.5, 0.6) is 0 Å². The number of carbonyl (C=O) groups excluding carboxylic acids is 1. The number of hydrogen-bond donors (Lipinski definition) is 1. The Morgan fingerprint density at radius 1 is 1.23 bits per heavy atom. The number of aryl methyl sites for hydroxylation is 1. The highest BCUT2D eigenvalue weighted by molar-refractivity contribution is 5.96. The van der Waals surface area contributed by atoms with E-state index in [1.54, 1.807) is 0 Å². The van der Waals surface area contributed by atoms with Crippen molar-refractivity contribution in [2.75, 3.05) is 13.1 Å². The van der Waals surface area contributed by atoms with E-state index in [2.05, 4.69) is 6.07 Å². The van der Waals surface area contributed by atoms with Crippen LogP contribution in [0.25, 0.3) is 0 Å². The molecule has 0 aromatic heterocycles. The number of likely N-dealkylation sites (tertiary alicyclic amines) is 1. The lowest BCUT2D eigenvalue weighted by Gasteiger charge is -2.33. The number of carbonyl (C=O) groups is 2. The Bertz CT molecular complexity index is 582. The van der Waals surface area contributed by atoms with E-state index in [-0.39, 0.29) is 12.3 Å². The monoisotopic (exact) mass is 301 g/mol. The molecular weight excluding hydrogens is 278 g/mol. The molecule has 1 N–H and O–H groups in total. The maximum Gasteiger partial charge on any atom is 0.303 e. The van der Waals surface area contributed by atoms with Gasteiger partial charge in [-0.15, -0.1) is 0 Å². The zero-order chi connectivity index (χ0) is 15.5. The molecule has 1 heterocycles. The Kier molecular flexibility index (Phi) is 4.46. The highest BCUT2D eigenvalue weighted by Gasteiger charge is 2.27. The van der Waals surface area contributed by atoms with Crippen molar-refractivity contribution in [1.29, 1.82) is 0 Å². The minimum Gasteiger partial charge on any atom is -0.481 e. The number of rotatable bonds is 4. The predicted molar refractivity (Wildman–Crippen MR) is 84.0 cm³/mol. The summed E-state index contributed by atoms with van der Waals surface area (Å²) in [6, 6.07) is 6.07. The minimum absolute atomic E-state index is 0.138. The second kappa shape index (κ2) is 6.51. The zero-order valence-corrected chi connectivity index (χ0v) is 12.9. The molecule has 1 aliphatic carbocycles. The summed E-state index contributed by atoms with van der Waals surface area (Å²) in [5.74, 6) is -0.284. The Morgan fingerprint density at radius 2 is 2.09 bits per heavy atom. The normalized spacial score (nSPS) is 20.7. The molecule has 0 bridgehead atoms. The van der Waals surface area contributed by atoms with Crippen molar-refractivity contribution in [2.24, 2.45) is 5.92 Å². The van der Waals surface area contributed by atoms with Crippen LogP contribution in [0, 0.1) is 5.92 Å². The molecule has 22 heavy (non-hydrogen) atoms. The van der Waals surface area contributed by atoms with Gasteiger partial charge in [0.05, 0.1) is 0 Å². The summed E-state index contributed by atoms with van der Waals surface area (Å²) in [6.45, 7) is 1.50. The Morgan fingerprint density at radius 3 is 2.91 bits per heavy atom. The molecule has 1 aromatic rings. The van der Waals surface area contributed by atoms with Gasteiger partial charge in [-0.3, -0.25) is 9.59 Å². The summed E-state index contributed by atoms with van der Waals surface area (Å²) < 4.78 is 0. The standard InChI is InChI=1S/C18H23NO3/c20-17(21)10-9-13-4-3-11-19(12-13)18(22)16-8-2-6-14-5-1-7-15(14)16/h2,6,8,13H,1,3-5,7,9-12H2,(H,20,21)/t13-/m1/s1. The number of nitrogens with zero attached hydrogens (tertiary/aromatic N) is 1. The van der Waals surface area contributed by atoms with Crippen LogP contribution >= 0.6 is 0 Å². The second-order valence-corrected chi connectivity index (χ2v) is 6.49. The van der Waals surface area contributed by atoms with Crippen molar-refractivity contribution >= 4 is 11.9 Å². The van der Waals surface area contributed by atoms with E-state index in [1.165, 1.54) is 11.1 Å². The third kappa shape index (κ3) is 3.16. The molecule has 0 unspecified atom stereocenters. The topological polar surface area (TPSA) is 57.6 Å². The van der Waals surface area contributed by atoms with Gasteiger partial charge >= 0.3 is 5.97 Å². The van der Waals surface area contributed by atoms with Crippen molar-refractivity contribution in [2.45, 2.75) is 44.9 Å². The van der Waals surface area contributed by atoms with Gasteiger partial charge in [0.2, 0.25) is 0 Å². The first-order valence-corrected chi connectivity index (χ1v) is 8.27. The number of carboxylic acid groups (broad SMARTS) is 1. The maximum absolute atomic E-state index is 12.9. The molecule has 118 valence electrons. The fourth-order valence-electron chi connectivity index (χ4n) is 3.80. The first kappa shape index (κ1) is 15.1. The van der Waals surface area contributed by atoms with E-state index in [0.717, 1.165) is 44.2 Å². The fraction of sp³-hybridized carbons (Fsp3) is 0.556. The zero-order valence-electron chi connectivity index (χ0n) is 12.9. The molecule has 1 aromatic carbocycles. The molecule has 1 saturated heterocycles. The van der Waals surface area contributed by atoms with Crippen molar-refractivity contribution in [3.63, 3.8) is 0 Å². The molecule has 1 atom stereocenters. The van der Waals surface area contributed by atoms with Gasteiger partial charge in [0.1, 0.15) is 0 Å². The molecule has 0 saturated carbocycles. The molecule has 4 heteroatoms. The van der Waals surface area contributed by atoms with Gasteiger partial charge in [0.25, 0.3) is 5.91 Å². The summed E-state index contributed by atoms with van der Waals surface area (Å²) in [7, 11) is 0. The van der Waals surface area contributed by atoms with Gasteiger partial charge in [-0.05, 0) is 61.6 Å². The van der Waals surface area contributed by atoms with Gasteiger partial charge in [-0.25, -0.2) is 0 Å². The first-order valence-electron chi connectivity index (χ1n) is 8.27. The molecular formula is C18H23NO3. The molecule has 0 radical (unpaired) electrons. The average molecular weight is 301 g/mol. The number of hydrogen-bond acceptors (Lipinski definition) is 2. The van der Waals surface area contributed by atoms with Crippen molar-refractivity contribution < 1.29 is 14.7 Å². The minimum atomic E-state index is -0.746. The van der Waals surface area contributed by atoms with E-state index >= 15 is 0 Å². The molecule has 2 aliphatic rings. The molecule has 4 nitrogen and oxygen atoms in total. The molecule has 3 rings (SSSR count). The van der Waals surface area contributed by atoms with E-state index in [0.29, 0.717) is 18.9 Å². The van der Waals surface area contributed by atoms with Crippen LogP contribution in [0.2, 0.25) is 0 Å². The molecule has 1 fully saturated rings. The molecule has 1 amide bonds. The van der Waals surface area contributed by atoms with E-state index < -0.39 is 5.97 Å². The Hall–Kier alpha value is -1.84. The van der Waals surface area contributed by atoms with Gasteiger partial charge in [0, 0.05) is 25.1 Å². The average Bonchev–Trinajstić information content (AvgIpc) is 3.01. The highest BCUT2D eigenvalue weighted by Crippen LogP contribution is 2.28. The fourth-order valence-corrected chi connectivity index (χ4v) is 3.80. The molecule has 0 spiro atoms. The van der Waals surface area contributed by atoms with Crippen LogP contribution in [-0.4, -0.2) is 35.0 Å². The van der Waals surface area contributed by atoms with Crippen molar-refractivity contribution in [3.8, 4) is 0 Å². The van der Waals surface area contributed by atoms with Crippen LogP contribution in [0.15, 0.2) is 18.2 Å². The SMILES string of the molecule is O=C(O)CC[C@H]1CCCN(C(=O)c2cccc3c2CCC3)C1. The van der Waals surface area contributed by atoms with Gasteiger partial charge in [0.15, 0.2) is 0 Å². The summed E-state index contributed by atoms with van der Waals surface area (Å²) in [6.07, 6.45) is 6.11. The number of carboxylic acids is 1. The summed E-state index contributed by atoms with van der Waals surface area (Å²) in [5.41, 5.74) is 3.43. The Labute approximate surface area is 131 Å². The van der Waals surface area contributed by atoms with Crippen LogP contribution in [0.4, 0.5) is 0 Å². The number of aliphatic carboxylic acids is 1. The largest absolute Gasteiger partial charge is 0.481 e. The van der Waals surface area contributed by atoms with Crippen LogP contribution in [-0.2, 0) is 17.6 Å². The Balaban J connectivity index is 1.70. The van der Waals surface area contributed by atoms with Crippen LogP contribution in [0.3, 0.4) is 0 Å². The van der Waals surface area contributed by atoms with Gasteiger partial charge in [-0.2, -0.15) is 0 Å². The number of piperidine rings is 1. The number of fused-ring (bicyclic) bond motifs is 1. The lowest BCUT2D eigenvalue weighted by Crippen LogP contribution is -2.40. The highest BCUT2D eigenvalue weighted by atomic mass is 16.4. The quantitative estimate of drug-likeness (QED) is 0.930. The van der Waals surface area contributed by atoms with Gasteiger partial charge in [-0.1, -0.05) is 12.1 Å². The van der Waals surface area contributed by atoms with Crippen molar-refractivity contribution in [3.05, 3.63) is 34.9 Å². The maximum atomic E-state index is 12.9.